The van der Waals surface area contributed by atoms with Gasteiger partial charge in [0.05, 0.1) is 29.0 Å². The Morgan fingerprint density at radius 3 is 2.57 bits per heavy atom. The third-order valence-electron chi connectivity index (χ3n) is 4.88. The lowest BCUT2D eigenvalue weighted by molar-refractivity contribution is -0.123. The fourth-order valence-corrected chi connectivity index (χ4v) is 5.74. The molecule has 0 radical (unpaired) electrons. The second kappa shape index (κ2) is 8.28. The predicted octanol–water partition coefficient (Wildman–Crippen LogP) is 3.02. The van der Waals surface area contributed by atoms with Crippen molar-refractivity contribution in [3.05, 3.63) is 58.6 Å². The van der Waals surface area contributed by atoms with Crippen LogP contribution in [0.15, 0.2) is 42.5 Å². The molecular weight excluding hydrogens is 428 g/mol. The van der Waals surface area contributed by atoms with Crippen LogP contribution in [0.25, 0.3) is 0 Å². The molecule has 0 unspecified atom stereocenters. The average Bonchev–Trinajstić information content (AvgIpc) is 2.85. The SMILES string of the molecule is COc1ccccc1CCNC(=O)c1ccc(Cl)c(N2C(=O)C(C)(C)CS2(=O)=O)c1. The third-order valence-corrected chi connectivity index (χ3v) is 7.21. The molecule has 1 aliphatic heterocycles. The van der Waals surface area contributed by atoms with Crippen LogP contribution in [0.4, 0.5) is 5.69 Å². The zero-order valence-corrected chi connectivity index (χ0v) is 18.5. The molecule has 30 heavy (non-hydrogen) atoms. The van der Waals surface area contributed by atoms with E-state index < -0.39 is 27.3 Å². The van der Waals surface area contributed by atoms with Crippen LogP contribution in [-0.2, 0) is 21.2 Å². The lowest BCUT2D eigenvalue weighted by atomic mass is 9.95. The number of methoxy groups -OCH3 is 1. The third kappa shape index (κ3) is 4.29. The van der Waals surface area contributed by atoms with Crippen LogP contribution in [0.3, 0.4) is 0 Å². The van der Waals surface area contributed by atoms with Crippen LogP contribution >= 0.6 is 11.6 Å². The molecule has 0 spiro atoms. The highest BCUT2D eigenvalue weighted by molar-refractivity contribution is 7.94. The number of sulfonamides is 1. The summed E-state index contributed by atoms with van der Waals surface area (Å²) in [6, 6.07) is 11.8. The first kappa shape index (κ1) is 22.1. The molecule has 1 fully saturated rings. The van der Waals surface area contributed by atoms with Gasteiger partial charge in [-0.05, 0) is 50.1 Å². The Balaban J connectivity index is 1.78. The smallest absolute Gasteiger partial charge is 0.251 e. The Morgan fingerprint density at radius 1 is 1.23 bits per heavy atom. The normalized spacial score (nSPS) is 17.1. The van der Waals surface area contributed by atoms with E-state index in [4.69, 9.17) is 16.3 Å². The van der Waals surface area contributed by atoms with Crippen LogP contribution in [0.1, 0.15) is 29.8 Å². The Kier molecular flexibility index (Phi) is 6.10. The first-order valence-electron chi connectivity index (χ1n) is 9.34. The van der Waals surface area contributed by atoms with Gasteiger partial charge in [0, 0.05) is 12.1 Å². The summed E-state index contributed by atoms with van der Waals surface area (Å²) in [6.07, 6.45) is 0.559. The van der Waals surface area contributed by atoms with Crippen molar-refractivity contribution in [3.8, 4) is 5.75 Å². The van der Waals surface area contributed by atoms with E-state index in [1.807, 2.05) is 24.3 Å². The van der Waals surface area contributed by atoms with Gasteiger partial charge in [-0.1, -0.05) is 29.8 Å². The summed E-state index contributed by atoms with van der Waals surface area (Å²) < 4.78 is 31.1. The van der Waals surface area contributed by atoms with Crippen molar-refractivity contribution >= 4 is 39.1 Å². The summed E-state index contributed by atoms with van der Waals surface area (Å²) in [5.74, 6) is -0.546. The zero-order valence-electron chi connectivity index (χ0n) is 16.9. The molecule has 160 valence electrons. The highest BCUT2D eigenvalue weighted by Crippen LogP contribution is 2.39. The van der Waals surface area contributed by atoms with E-state index in [1.54, 1.807) is 21.0 Å². The Morgan fingerprint density at radius 2 is 1.93 bits per heavy atom. The molecule has 0 atom stereocenters. The molecule has 0 aliphatic carbocycles. The van der Waals surface area contributed by atoms with Crippen molar-refractivity contribution in [2.75, 3.05) is 23.7 Å². The van der Waals surface area contributed by atoms with Gasteiger partial charge in [-0.3, -0.25) is 9.59 Å². The highest BCUT2D eigenvalue weighted by atomic mass is 35.5. The van der Waals surface area contributed by atoms with Crippen LogP contribution in [0, 0.1) is 5.41 Å². The van der Waals surface area contributed by atoms with Crippen molar-refractivity contribution in [3.63, 3.8) is 0 Å². The van der Waals surface area contributed by atoms with Gasteiger partial charge in [0.1, 0.15) is 5.75 Å². The monoisotopic (exact) mass is 450 g/mol. The number of anilines is 1. The molecule has 9 heteroatoms. The van der Waals surface area contributed by atoms with Crippen LogP contribution in [0.2, 0.25) is 5.02 Å². The number of carbonyl (C=O) groups is 2. The summed E-state index contributed by atoms with van der Waals surface area (Å²) in [6.45, 7) is 3.48. The number of para-hydroxylation sites is 1. The van der Waals surface area contributed by atoms with Gasteiger partial charge in [-0.2, -0.15) is 0 Å². The number of halogens is 1. The topological polar surface area (TPSA) is 92.8 Å². The van der Waals surface area contributed by atoms with E-state index in [1.165, 1.54) is 18.2 Å². The Bertz CT molecular complexity index is 1100. The van der Waals surface area contributed by atoms with Gasteiger partial charge in [0.2, 0.25) is 15.9 Å². The van der Waals surface area contributed by atoms with Crippen LogP contribution in [-0.4, -0.2) is 39.6 Å². The minimum atomic E-state index is -3.87. The molecule has 3 rings (SSSR count). The van der Waals surface area contributed by atoms with Gasteiger partial charge >= 0.3 is 0 Å². The van der Waals surface area contributed by atoms with Crippen molar-refractivity contribution in [2.24, 2.45) is 5.41 Å². The number of hydrogen-bond acceptors (Lipinski definition) is 5. The molecule has 7 nitrogen and oxygen atoms in total. The Labute approximate surface area is 181 Å². The maximum Gasteiger partial charge on any atom is 0.251 e. The first-order chi connectivity index (χ1) is 14.1. The lowest BCUT2D eigenvalue weighted by Gasteiger charge is -2.19. The molecule has 2 amide bonds. The number of carbonyl (C=O) groups excluding carboxylic acids is 2. The van der Waals surface area contributed by atoms with E-state index in [-0.39, 0.29) is 22.0 Å². The van der Waals surface area contributed by atoms with Gasteiger partial charge in [0.15, 0.2) is 0 Å². The average molecular weight is 451 g/mol. The molecule has 0 aromatic heterocycles. The summed E-state index contributed by atoms with van der Waals surface area (Å²) in [5, 5.41) is 2.87. The number of rotatable bonds is 6. The summed E-state index contributed by atoms with van der Waals surface area (Å²) in [7, 11) is -2.28. The van der Waals surface area contributed by atoms with Crippen molar-refractivity contribution in [1.82, 2.24) is 5.32 Å². The lowest BCUT2D eigenvalue weighted by Crippen LogP contribution is -2.33. The van der Waals surface area contributed by atoms with E-state index in [9.17, 15) is 18.0 Å². The van der Waals surface area contributed by atoms with Crippen molar-refractivity contribution in [2.45, 2.75) is 20.3 Å². The number of amides is 2. The van der Waals surface area contributed by atoms with E-state index >= 15 is 0 Å². The van der Waals surface area contributed by atoms with Crippen LogP contribution in [0.5, 0.6) is 5.75 Å². The standard InChI is InChI=1S/C21H23ClN2O5S/c1-21(2)13-30(27,28)24(20(21)26)17-12-15(8-9-16(17)22)19(25)23-11-10-14-6-4-5-7-18(14)29-3/h4-9,12H,10-11,13H2,1-3H3,(H,23,25). The van der Waals surface area contributed by atoms with Gasteiger partial charge in [-0.25, -0.2) is 12.7 Å². The summed E-state index contributed by atoms with van der Waals surface area (Å²) in [5.41, 5.74) is 0.0923. The largest absolute Gasteiger partial charge is 0.496 e. The summed E-state index contributed by atoms with van der Waals surface area (Å²) >= 11 is 6.18. The number of nitrogens with zero attached hydrogens (tertiary/aromatic N) is 1. The quantitative estimate of drug-likeness (QED) is 0.730. The molecular formula is C21H23ClN2O5S. The molecule has 1 N–H and O–H groups in total. The predicted molar refractivity (Wildman–Crippen MR) is 116 cm³/mol. The molecule has 1 heterocycles. The fraction of sp³-hybridized carbons (Fsp3) is 0.333. The van der Waals surface area contributed by atoms with E-state index in [0.29, 0.717) is 17.3 Å². The molecule has 1 aliphatic rings. The molecule has 0 bridgehead atoms. The van der Waals surface area contributed by atoms with Gasteiger partial charge in [-0.15, -0.1) is 0 Å². The summed E-state index contributed by atoms with van der Waals surface area (Å²) in [4.78, 5) is 25.2. The first-order valence-corrected chi connectivity index (χ1v) is 11.3. The van der Waals surface area contributed by atoms with E-state index in [0.717, 1.165) is 11.3 Å². The van der Waals surface area contributed by atoms with Crippen LogP contribution < -0.4 is 14.4 Å². The maximum atomic E-state index is 12.6. The molecule has 0 saturated carbocycles. The number of ether oxygens (including phenoxy) is 1. The number of benzene rings is 2. The second-order valence-corrected chi connectivity index (χ2v) is 9.92. The number of hydrogen-bond donors (Lipinski definition) is 1. The van der Waals surface area contributed by atoms with Crippen molar-refractivity contribution < 1.29 is 22.7 Å². The van der Waals surface area contributed by atoms with Crippen molar-refractivity contribution in [1.29, 1.82) is 0 Å². The molecule has 2 aromatic carbocycles. The number of nitrogens with one attached hydrogen (secondary N) is 1. The minimum Gasteiger partial charge on any atom is -0.496 e. The fourth-order valence-electron chi connectivity index (χ4n) is 3.37. The molecule has 2 aromatic rings. The Hall–Kier alpha value is -2.58. The second-order valence-electron chi connectivity index (χ2n) is 7.69. The maximum absolute atomic E-state index is 12.6. The zero-order chi connectivity index (χ0) is 22.1. The highest BCUT2D eigenvalue weighted by Gasteiger charge is 2.50. The molecule has 1 saturated heterocycles. The van der Waals surface area contributed by atoms with Gasteiger partial charge in [0.25, 0.3) is 5.91 Å². The van der Waals surface area contributed by atoms with Gasteiger partial charge < -0.3 is 10.1 Å². The van der Waals surface area contributed by atoms with E-state index in [2.05, 4.69) is 5.32 Å². The minimum absolute atomic E-state index is 0.00961.